The number of anilines is 1. The van der Waals surface area contributed by atoms with Gasteiger partial charge in [0.05, 0.1) is 22.0 Å². The quantitative estimate of drug-likeness (QED) is 0.440. The summed E-state index contributed by atoms with van der Waals surface area (Å²) in [4.78, 5) is 17.4. The van der Waals surface area contributed by atoms with Gasteiger partial charge in [-0.1, -0.05) is 41.4 Å². The van der Waals surface area contributed by atoms with E-state index in [1.54, 1.807) is 36.4 Å². The molecular formula is C22H17Cl2N3O2. The summed E-state index contributed by atoms with van der Waals surface area (Å²) in [5.74, 6) is 0.138. The summed E-state index contributed by atoms with van der Waals surface area (Å²) in [6.45, 7) is 2.25. The van der Waals surface area contributed by atoms with E-state index in [-0.39, 0.29) is 12.5 Å². The van der Waals surface area contributed by atoms with Crippen LogP contribution in [0.4, 0.5) is 5.69 Å². The number of para-hydroxylation sites is 1. The van der Waals surface area contributed by atoms with Crippen LogP contribution in [0, 0.1) is 6.92 Å². The number of imidazole rings is 1. The molecule has 0 spiro atoms. The van der Waals surface area contributed by atoms with E-state index in [4.69, 9.17) is 27.9 Å². The number of nitrogens with zero attached hydrogens (tertiary/aromatic N) is 2. The molecule has 1 amide bonds. The molecule has 2 aromatic heterocycles. The van der Waals surface area contributed by atoms with E-state index in [1.807, 2.05) is 41.9 Å². The van der Waals surface area contributed by atoms with E-state index >= 15 is 0 Å². The van der Waals surface area contributed by atoms with Crippen molar-refractivity contribution in [2.45, 2.75) is 13.5 Å². The number of hydrogen-bond donors (Lipinski definition) is 1. The smallest absolute Gasteiger partial charge is 0.259 e. The number of aromatic nitrogens is 2. The summed E-state index contributed by atoms with van der Waals surface area (Å²) in [5.41, 5.74) is 3.62. The maximum Gasteiger partial charge on any atom is 0.259 e. The molecule has 0 bridgehead atoms. The van der Waals surface area contributed by atoms with Crippen LogP contribution in [0.25, 0.3) is 5.65 Å². The number of carbonyl (C=O) groups is 1. The minimum atomic E-state index is -0.323. The van der Waals surface area contributed by atoms with Crippen LogP contribution in [0.15, 0.2) is 67.0 Å². The largest absolute Gasteiger partial charge is 0.486 e. The Kier molecular flexibility index (Phi) is 5.43. The average Bonchev–Trinajstić information content (AvgIpc) is 3.13. The summed E-state index contributed by atoms with van der Waals surface area (Å²) in [6, 6.07) is 15.9. The summed E-state index contributed by atoms with van der Waals surface area (Å²) >= 11 is 12.1. The lowest BCUT2D eigenvalue weighted by Crippen LogP contribution is -2.14. The Morgan fingerprint density at radius 3 is 2.76 bits per heavy atom. The molecular weight excluding hydrogens is 409 g/mol. The van der Waals surface area contributed by atoms with Crippen LogP contribution >= 0.6 is 23.2 Å². The van der Waals surface area contributed by atoms with Gasteiger partial charge in [0, 0.05) is 17.4 Å². The molecule has 0 radical (unpaired) electrons. The molecule has 0 atom stereocenters. The standard InChI is InChI=1S/C22H17Cl2N3O2/c1-14-5-4-10-27-12-16(25-21(14)27)13-29-20-7-3-2-6-17(20)22(28)26-19-9-8-15(23)11-18(19)24/h2-12H,13H2,1H3,(H,26,28). The topological polar surface area (TPSA) is 55.6 Å². The SMILES string of the molecule is Cc1cccn2cc(COc3ccccc3C(=O)Nc3ccc(Cl)cc3Cl)nc12. The van der Waals surface area contributed by atoms with Crippen LogP contribution in [-0.2, 0) is 6.61 Å². The zero-order valence-corrected chi connectivity index (χ0v) is 17.0. The van der Waals surface area contributed by atoms with Crippen LogP contribution in [-0.4, -0.2) is 15.3 Å². The van der Waals surface area contributed by atoms with Gasteiger partial charge in [0.15, 0.2) is 0 Å². The maximum absolute atomic E-state index is 12.8. The summed E-state index contributed by atoms with van der Waals surface area (Å²) in [7, 11) is 0. The predicted octanol–water partition coefficient (Wildman–Crippen LogP) is 5.78. The van der Waals surface area contributed by atoms with Gasteiger partial charge >= 0.3 is 0 Å². The lowest BCUT2D eigenvalue weighted by molar-refractivity contribution is 0.102. The molecule has 0 aliphatic heterocycles. The molecule has 5 nitrogen and oxygen atoms in total. The van der Waals surface area contributed by atoms with E-state index in [0.29, 0.717) is 27.0 Å². The number of rotatable bonds is 5. The first-order valence-corrected chi connectivity index (χ1v) is 9.68. The third-order valence-electron chi connectivity index (χ3n) is 4.41. The van der Waals surface area contributed by atoms with Gasteiger partial charge in [-0.3, -0.25) is 4.79 Å². The van der Waals surface area contributed by atoms with Crippen molar-refractivity contribution in [3.05, 3.63) is 93.9 Å². The second kappa shape index (κ2) is 8.15. The third kappa shape index (κ3) is 4.21. The zero-order valence-electron chi connectivity index (χ0n) is 15.5. The maximum atomic E-state index is 12.8. The van der Waals surface area contributed by atoms with E-state index in [9.17, 15) is 4.79 Å². The molecule has 0 aliphatic rings. The number of hydrogen-bond acceptors (Lipinski definition) is 3. The number of halogens is 2. The fraction of sp³-hybridized carbons (Fsp3) is 0.0909. The molecule has 4 rings (SSSR count). The predicted molar refractivity (Wildman–Crippen MR) is 115 cm³/mol. The molecule has 1 N–H and O–H groups in total. The number of fused-ring (bicyclic) bond motifs is 1. The number of benzene rings is 2. The van der Waals surface area contributed by atoms with Crippen molar-refractivity contribution in [2.24, 2.45) is 0 Å². The number of carbonyl (C=O) groups excluding carboxylic acids is 1. The highest BCUT2D eigenvalue weighted by Gasteiger charge is 2.15. The van der Waals surface area contributed by atoms with Crippen LogP contribution in [0.2, 0.25) is 10.0 Å². The second-order valence-electron chi connectivity index (χ2n) is 6.52. The molecule has 146 valence electrons. The fourth-order valence-electron chi connectivity index (χ4n) is 2.99. The summed E-state index contributed by atoms with van der Waals surface area (Å²) in [6.07, 6.45) is 3.86. The number of nitrogens with one attached hydrogen (secondary N) is 1. The van der Waals surface area contributed by atoms with Gasteiger partial charge in [0.1, 0.15) is 18.0 Å². The second-order valence-corrected chi connectivity index (χ2v) is 7.36. The highest BCUT2D eigenvalue weighted by Crippen LogP contribution is 2.27. The van der Waals surface area contributed by atoms with Crippen LogP contribution in [0.1, 0.15) is 21.6 Å². The average molecular weight is 426 g/mol. The number of ether oxygens (including phenoxy) is 1. The monoisotopic (exact) mass is 425 g/mol. The van der Waals surface area contributed by atoms with Crippen molar-refractivity contribution in [2.75, 3.05) is 5.32 Å². The molecule has 4 aromatic rings. The Morgan fingerprint density at radius 1 is 1.14 bits per heavy atom. The first-order chi connectivity index (χ1) is 14.0. The van der Waals surface area contributed by atoms with E-state index in [2.05, 4.69) is 10.3 Å². The number of pyridine rings is 1. The van der Waals surface area contributed by atoms with Crippen molar-refractivity contribution in [1.29, 1.82) is 0 Å². The molecule has 7 heteroatoms. The Balaban J connectivity index is 1.53. The Morgan fingerprint density at radius 2 is 1.97 bits per heavy atom. The molecule has 0 fully saturated rings. The highest BCUT2D eigenvalue weighted by molar-refractivity contribution is 6.36. The summed E-state index contributed by atoms with van der Waals surface area (Å²) < 4.78 is 7.86. The van der Waals surface area contributed by atoms with Gasteiger partial charge in [-0.15, -0.1) is 0 Å². The lowest BCUT2D eigenvalue weighted by atomic mass is 10.2. The summed E-state index contributed by atoms with van der Waals surface area (Å²) in [5, 5.41) is 3.66. The van der Waals surface area contributed by atoms with E-state index in [0.717, 1.165) is 16.9 Å². The van der Waals surface area contributed by atoms with Crippen LogP contribution < -0.4 is 10.1 Å². The van der Waals surface area contributed by atoms with Gasteiger partial charge in [0.2, 0.25) is 0 Å². The van der Waals surface area contributed by atoms with Gasteiger partial charge in [0.25, 0.3) is 5.91 Å². The molecule has 0 saturated heterocycles. The van der Waals surface area contributed by atoms with Gasteiger partial charge in [-0.25, -0.2) is 4.98 Å². The minimum Gasteiger partial charge on any atom is -0.486 e. The lowest BCUT2D eigenvalue weighted by Gasteiger charge is -2.12. The van der Waals surface area contributed by atoms with Crippen molar-refractivity contribution >= 4 is 40.4 Å². The molecule has 0 unspecified atom stereocenters. The fourth-order valence-corrected chi connectivity index (χ4v) is 3.44. The van der Waals surface area contributed by atoms with Gasteiger partial charge in [-0.2, -0.15) is 0 Å². The first-order valence-electron chi connectivity index (χ1n) is 8.93. The van der Waals surface area contributed by atoms with Gasteiger partial charge in [-0.05, 0) is 48.9 Å². The Labute approximate surface area is 177 Å². The number of aryl methyl sites for hydroxylation is 1. The molecule has 0 saturated carbocycles. The zero-order chi connectivity index (χ0) is 20.4. The molecule has 2 heterocycles. The van der Waals surface area contributed by atoms with Crippen LogP contribution in [0.3, 0.4) is 0 Å². The van der Waals surface area contributed by atoms with Crippen molar-refractivity contribution < 1.29 is 9.53 Å². The molecule has 0 aliphatic carbocycles. The first kappa shape index (κ1) is 19.3. The van der Waals surface area contributed by atoms with Gasteiger partial charge < -0.3 is 14.5 Å². The van der Waals surface area contributed by atoms with Crippen molar-refractivity contribution in [3.63, 3.8) is 0 Å². The molecule has 29 heavy (non-hydrogen) atoms. The highest BCUT2D eigenvalue weighted by atomic mass is 35.5. The van der Waals surface area contributed by atoms with Crippen LogP contribution in [0.5, 0.6) is 5.75 Å². The van der Waals surface area contributed by atoms with E-state index < -0.39 is 0 Å². The number of amides is 1. The Hall–Kier alpha value is -3.02. The third-order valence-corrected chi connectivity index (χ3v) is 4.96. The van der Waals surface area contributed by atoms with Crippen molar-refractivity contribution in [1.82, 2.24) is 9.38 Å². The normalized spacial score (nSPS) is 10.9. The minimum absolute atomic E-state index is 0.243. The molecule has 2 aromatic carbocycles. The van der Waals surface area contributed by atoms with E-state index in [1.165, 1.54) is 0 Å². The van der Waals surface area contributed by atoms with Crippen molar-refractivity contribution in [3.8, 4) is 5.75 Å². The Bertz CT molecular complexity index is 1200.